The number of carbonyl (C=O) groups excluding carboxylic acids is 2. The number of benzene rings is 2. The molecule has 0 saturated heterocycles. The molecular weight excluding hydrogens is 386 g/mol. The first kappa shape index (κ1) is 21.5. The van der Waals surface area contributed by atoms with Gasteiger partial charge in [0.05, 0.1) is 33.5 Å². The minimum atomic E-state index is -0.545. The van der Waals surface area contributed by atoms with E-state index in [0.717, 1.165) is 5.56 Å². The molecule has 0 aliphatic carbocycles. The summed E-state index contributed by atoms with van der Waals surface area (Å²) in [6.07, 6.45) is -1.09. The highest BCUT2D eigenvalue weighted by atomic mass is 35.5. The molecule has 2 aromatic rings. The molecule has 1 amide bonds. The van der Waals surface area contributed by atoms with Crippen LogP contribution < -0.4 is 10.1 Å². The number of methoxy groups -OCH3 is 3. The molecule has 150 valence electrons. The summed E-state index contributed by atoms with van der Waals surface area (Å²) in [7, 11) is 4.11. The van der Waals surface area contributed by atoms with Gasteiger partial charge in [-0.2, -0.15) is 0 Å². The highest BCUT2D eigenvalue weighted by molar-refractivity contribution is 6.30. The van der Waals surface area contributed by atoms with Crippen LogP contribution in [-0.2, 0) is 14.2 Å². The van der Waals surface area contributed by atoms with Gasteiger partial charge >= 0.3 is 12.1 Å². The molecular formula is C20H22ClNO6. The maximum absolute atomic E-state index is 12.0. The summed E-state index contributed by atoms with van der Waals surface area (Å²) in [4.78, 5) is 23.2. The molecule has 8 heteroatoms. The van der Waals surface area contributed by atoms with E-state index in [-0.39, 0.29) is 13.2 Å². The monoisotopic (exact) mass is 407 g/mol. The zero-order chi connectivity index (χ0) is 20.5. The van der Waals surface area contributed by atoms with E-state index in [1.807, 2.05) is 12.1 Å². The quantitative estimate of drug-likeness (QED) is 0.531. The van der Waals surface area contributed by atoms with Crippen LogP contribution in [0.5, 0.6) is 5.75 Å². The molecule has 1 atom stereocenters. The average molecular weight is 408 g/mol. The molecule has 0 fully saturated rings. The van der Waals surface area contributed by atoms with Crippen LogP contribution in [0.2, 0.25) is 5.02 Å². The topological polar surface area (TPSA) is 83.1 Å². The largest absolute Gasteiger partial charge is 0.497 e. The number of esters is 1. The molecule has 1 unspecified atom stereocenters. The number of halogens is 1. The van der Waals surface area contributed by atoms with Gasteiger partial charge in [0.15, 0.2) is 0 Å². The van der Waals surface area contributed by atoms with Gasteiger partial charge in [-0.3, -0.25) is 0 Å². The van der Waals surface area contributed by atoms with Gasteiger partial charge in [0.25, 0.3) is 0 Å². The number of hydrogen-bond donors (Lipinski definition) is 1. The van der Waals surface area contributed by atoms with Crippen LogP contribution in [0.3, 0.4) is 0 Å². The van der Waals surface area contributed by atoms with Crippen molar-refractivity contribution in [3.63, 3.8) is 0 Å². The normalized spacial score (nSPS) is 11.4. The number of amides is 1. The highest BCUT2D eigenvalue weighted by Gasteiger charge is 2.19. The van der Waals surface area contributed by atoms with Gasteiger partial charge in [-0.05, 0) is 41.5 Å². The second-order valence-electron chi connectivity index (χ2n) is 5.71. The fourth-order valence-electron chi connectivity index (χ4n) is 2.58. The third-order valence-electron chi connectivity index (χ3n) is 3.88. The van der Waals surface area contributed by atoms with Crippen molar-refractivity contribution >= 4 is 23.7 Å². The Hall–Kier alpha value is -2.77. The molecule has 2 rings (SSSR count). The van der Waals surface area contributed by atoms with Gasteiger partial charge in [-0.25, -0.2) is 9.59 Å². The summed E-state index contributed by atoms with van der Waals surface area (Å²) in [5.74, 6) is -0.00133. The Kier molecular flexibility index (Phi) is 8.10. The summed E-state index contributed by atoms with van der Waals surface area (Å²) < 4.78 is 20.7. The average Bonchev–Trinajstić information content (AvgIpc) is 2.72. The Morgan fingerprint density at radius 3 is 2.46 bits per heavy atom. The maximum Gasteiger partial charge on any atom is 0.406 e. The lowest BCUT2D eigenvalue weighted by molar-refractivity contribution is 0.0598. The van der Waals surface area contributed by atoms with Gasteiger partial charge in [0, 0.05) is 11.6 Å². The van der Waals surface area contributed by atoms with E-state index < -0.39 is 18.2 Å². The third kappa shape index (κ3) is 5.87. The van der Waals surface area contributed by atoms with Crippen molar-refractivity contribution < 1.29 is 28.5 Å². The van der Waals surface area contributed by atoms with E-state index in [1.54, 1.807) is 30.3 Å². The van der Waals surface area contributed by atoms with Crippen molar-refractivity contribution in [2.24, 2.45) is 0 Å². The first-order valence-electron chi connectivity index (χ1n) is 8.44. The van der Waals surface area contributed by atoms with Gasteiger partial charge in [-0.15, -0.1) is 0 Å². The lowest BCUT2D eigenvalue weighted by Crippen LogP contribution is -2.27. The smallest absolute Gasteiger partial charge is 0.406 e. The Bertz CT molecular complexity index is 826. The number of ether oxygens (including phenoxy) is 4. The molecule has 1 N–H and O–H groups in total. The van der Waals surface area contributed by atoms with Crippen LogP contribution in [0.15, 0.2) is 42.5 Å². The lowest BCUT2D eigenvalue weighted by Gasteiger charge is -2.21. The van der Waals surface area contributed by atoms with Crippen LogP contribution in [0.25, 0.3) is 0 Å². The van der Waals surface area contributed by atoms with E-state index in [2.05, 4.69) is 10.1 Å². The minimum absolute atomic E-state index is 0.205. The molecule has 0 aromatic heterocycles. The number of rotatable bonds is 8. The number of nitrogens with one attached hydrogen (secondary N) is 1. The van der Waals surface area contributed by atoms with E-state index in [9.17, 15) is 9.59 Å². The Morgan fingerprint density at radius 2 is 1.82 bits per heavy atom. The minimum Gasteiger partial charge on any atom is -0.497 e. The summed E-state index contributed by atoms with van der Waals surface area (Å²) in [6, 6.07) is 12.2. The van der Waals surface area contributed by atoms with Crippen LogP contribution >= 0.6 is 11.6 Å². The standard InChI is InChI=1S/C20H22ClNO6/c1-25-17-11-14(9-15(12-17)19(23)26-2)18(13-5-4-6-16(21)10-13)28-8-7-22-20(24)27-3/h4-6,9-12,18H,7-8H2,1-3H3,(H,22,24). The molecule has 0 heterocycles. The second kappa shape index (κ2) is 10.5. The van der Waals surface area contributed by atoms with Crippen LogP contribution in [0, 0.1) is 0 Å². The van der Waals surface area contributed by atoms with Crippen LogP contribution in [0.1, 0.15) is 27.6 Å². The Labute approximate surface area is 168 Å². The summed E-state index contributed by atoms with van der Waals surface area (Å²) >= 11 is 6.13. The summed E-state index contributed by atoms with van der Waals surface area (Å²) in [5.41, 5.74) is 1.80. The molecule has 0 spiro atoms. The third-order valence-corrected chi connectivity index (χ3v) is 4.12. The van der Waals surface area contributed by atoms with E-state index in [0.29, 0.717) is 21.9 Å². The predicted octanol–water partition coefficient (Wildman–Crippen LogP) is 3.60. The summed E-state index contributed by atoms with van der Waals surface area (Å²) in [6.45, 7) is 0.453. The van der Waals surface area contributed by atoms with Crippen molar-refractivity contribution in [1.29, 1.82) is 0 Å². The van der Waals surface area contributed by atoms with Gasteiger partial charge in [-0.1, -0.05) is 23.7 Å². The molecule has 2 aromatic carbocycles. The van der Waals surface area contributed by atoms with Crippen molar-refractivity contribution in [2.75, 3.05) is 34.5 Å². The maximum atomic E-state index is 12.0. The van der Waals surface area contributed by atoms with Gasteiger partial charge < -0.3 is 24.3 Å². The number of hydrogen-bond acceptors (Lipinski definition) is 6. The molecule has 28 heavy (non-hydrogen) atoms. The van der Waals surface area contributed by atoms with Crippen LogP contribution in [-0.4, -0.2) is 46.5 Å². The van der Waals surface area contributed by atoms with Crippen molar-refractivity contribution in [1.82, 2.24) is 5.32 Å². The van der Waals surface area contributed by atoms with Crippen molar-refractivity contribution in [3.8, 4) is 5.75 Å². The fraction of sp³-hybridized carbons (Fsp3) is 0.300. The van der Waals surface area contributed by atoms with Gasteiger partial charge in [0.1, 0.15) is 11.9 Å². The molecule has 0 bridgehead atoms. The van der Waals surface area contributed by atoms with E-state index >= 15 is 0 Å². The Balaban J connectivity index is 2.35. The van der Waals surface area contributed by atoms with Crippen LogP contribution in [0.4, 0.5) is 4.79 Å². The zero-order valence-corrected chi connectivity index (χ0v) is 16.6. The van der Waals surface area contributed by atoms with Crippen molar-refractivity contribution in [3.05, 3.63) is 64.2 Å². The molecule has 7 nitrogen and oxygen atoms in total. The zero-order valence-electron chi connectivity index (χ0n) is 15.9. The highest BCUT2D eigenvalue weighted by Crippen LogP contribution is 2.31. The summed E-state index contributed by atoms with van der Waals surface area (Å²) in [5, 5.41) is 3.10. The molecule has 0 aliphatic rings. The second-order valence-corrected chi connectivity index (χ2v) is 6.15. The molecule has 0 saturated carbocycles. The first-order valence-corrected chi connectivity index (χ1v) is 8.82. The predicted molar refractivity (Wildman–Crippen MR) is 104 cm³/mol. The number of alkyl carbamates (subject to hydrolysis) is 1. The number of carbonyl (C=O) groups is 2. The first-order chi connectivity index (χ1) is 13.5. The molecule has 0 radical (unpaired) electrons. The Morgan fingerprint density at radius 1 is 1.04 bits per heavy atom. The van der Waals surface area contributed by atoms with E-state index in [1.165, 1.54) is 21.3 Å². The van der Waals surface area contributed by atoms with Crippen molar-refractivity contribution in [2.45, 2.75) is 6.10 Å². The SMILES string of the molecule is COC(=O)NCCOC(c1cccc(Cl)c1)c1cc(OC)cc(C(=O)OC)c1. The van der Waals surface area contributed by atoms with Gasteiger partial charge in [0.2, 0.25) is 0 Å². The lowest BCUT2D eigenvalue weighted by atomic mass is 9.99. The molecule has 0 aliphatic heterocycles. The van der Waals surface area contributed by atoms with E-state index in [4.69, 9.17) is 25.8 Å². The fourth-order valence-corrected chi connectivity index (χ4v) is 2.78.